The summed E-state index contributed by atoms with van der Waals surface area (Å²) in [7, 11) is 1.88. The number of thioether (sulfide) groups is 1. The second kappa shape index (κ2) is 5.50. The van der Waals surface area contributed by atoms with E-state index in [9.17, 15) is 4.39 Å². The van der Waals surface area contributed by atoms with Crippen molar-refractivity contribution >= 4 is 11.8 Å². The summed E-state index contributed by atoms with van der Waals surface area (Å²) >= 11 is 1.50. The van der Waals surface area contributed by atoms with E-state index in [2.05, 4.69) is 10.1 Å². The third kappa shape index (κ3) is 2.91. The van der Waals surface area contributed by atoms with E-state index in [0.29, 0.717) is 11.0 Å². The number of hydrogen-bond acceptors (Lipinski definition) is 4. The zero-order valence-electron chi connectivity index (χ0n) is 10.8. The van der Waals surface area contributed by atoms with Gasteiger partial charge in [-0.15, -0.1) is 0 Å². The van der Waals surface area contributed by atoms with Crippen LogP contribution in [0, 0.1) is 5.82 Å². The first-order valence-electron chi connectivity index (χ1n) is 6.03. The number of rotatable bonds is 4. The summed E-state index contributed by atoms with van der Waals surface area (Å²) in [5.74, 6) is 1.12. The molecule has 0 saturated heterocycles. The lowest BCUT2D eigenvalue weighted by Crippen LogP contribution is -1.84. The zero-order chi connectivity index (χ0) is 13.9. The highest BCUT2D eigenvalue weighted by Crippen LogP contribution is 2.27. The number of oxazole rings is 1. The van der Waals surface area contributed by atoms with Crippen molar-refractivity contribution in [3.05, 3.63) is 54.2 Å². The Hall–Kier alpha value is -2.08. The smallest absolute Gasteiger partial charge is 0.256 e. The Balaban J connectivity index is 1.69. The van der Waals surface area contributed by atoms with Crippen LogP contribution in [-0.4, -0.2) is 14.8 Å². The van der Waals surface area contributed by atoms with Gasteiger partial charge in [0.25, 0.3) is 5.22 Å². The van der Waals surface area contributed by atoms with Crippen molar-refractivity contribution in [1.82, 2.24) is 14.8 Å². The van der Waals surface area contributed by atoms with Crippen LogP contribution in [-0.2, 0) is 12.8 Å². The number of benzene rings is 1. The summed E-state index contributed by atoms with van der Waals surface area (Å²) < 4.78 is 20.3. The lowest BCUT2D eigenvalue weighted by atomic mass is 10.2. The van der Waals surface area contributed by atoms with Crippen molar-refractivity contribution < 1.29 is 8.81 Å². The van der Waals surface area contributed by atoms with Crippen LogP contribution in [0.4, 0.5) is 4.39 Å². The van der Waals surface area contributed by atoms with E-state index in [0.717, 1.165) is 16.9 Å². The van der Waals surface area contributed by atoms with E-state index >= 15 is 0 Å². The maximum Gasteiger partial charge on any atom is 0.256 e. The van der Waals surface area contributed by atoms with E-state index < -0.39 is 0 Å². The molecule has 4 nitrogen and oxygen atoms in total. The maximum atomic E-state index is 12.9. The van der Waals surface area contributed by atoms with Gasteiger partial charge in [-0.3, -0.25) is 4.68 Å². The molecule has 0 radical (unpaired) electrons. The third-order valence-electron chi connectivity index (χ3n) is 2.73. The fourth-order valence-corrected chi connectivity index (χ4v) is 2.48. The lowest BCUT2D eigenvalue weighted by molar-refractivity contribution is 0.466. The van der Waals surface area contributed by atoms with Gasteiger partial charge < -0.3 is 4.42 Å². The molecule has 0 saturated carbocycles. The van der Waals surface area contributed by atoms with Crippen molar-refractivity contribution in [1.29, 1.82) is 0 Å². The molecule has 0 aliphatic rings. The van der Waals surface area contributed by atoms with Crippen LogP contribution in [0.3, 0.4) is 0 Å². The first kappa shape index (κ1) is 12.9. The topological polar surface area (TPSA) is 43.9 Å². The van der Waals surface area contributed by atoms with E-state index in [1.807, 2.05) is 19.4 Å². The van der Waals surface area contributed by atoms with Gasteiger partial charge in [-0.1, -0.05) is 11.8 Å². The van der Waals surface area contributed by atoms with Crippen molar-refractivity contribution in [3.63, 3.8) is 0 Å². The second-order valence-electron chi connectivity index (χ2n) is 4.31. The largest absolute Gasteiger partial charge is 0.431 e. The molecule has 0 atom stereocenters. The monoisotopic (exact) mass is 289 g/mol. The van der Waals surface area contributed by atoms with Crippen molar-refractivity contribution in [2.45, 2.75) is 11.0 Å². The Labute approximate surface area is 119 Å². The molecule has 0 spiro atoms. The number of halogens is 1. The molecule has 1 aromatic carbocycles. The molecular formula is C14H12FN3OS. The second-order valence-corrected chi connectivity index (χ2v) is 5.23. The Morgan fingerprint density at radius 1 is 1.25 bits per heavy atom. The standard InChI is InChI=1S/C14H12FN3OS/c1-18-8-10(6-17-18)9-20-14-16-7-13(19-14)11-2-4-12(15)5-3-11/h2-8H,9H2,1H3. The summed E-state index contributed by atoms with van der Waals surface area (Å²) in [6.45, 7) is 0. The summed E-state index contributed by atoms with van der Waals surface area (Å²) in [4.78, 5) is 4.21. The van der Waals surface area contributed by atoms with Gasteiger partial charge in [0.1, 0.15) is 5.82 Å². The van der Waals surface area contributed by atoms with E-state index in [1.165, 1.54) is 23.9 Å². The van der Waals surface area contributed by atoms with Gasteiger partial charge >= 0.3 is 0 Å². The number of aromatic nitrogens is 3. The van der Waals surface area contributed by atoms with E-state index in [-0.39, 0.29) is 5.82 Å². The van der Waals surface area contributed by atoms with Crippen molar-refractivity contribution in [2.75, 3.05) is 0 Å². The Bertz CT molecular complexity index is 705. The molecule has 0 amide bonds. The summed E-state index contributed by atoms with van der Waals surface area (Å²) in [5, 5.41) is 4.70. The van der Waals surface area contributed by atoms with Crippen LogP contribution in [0.25, 0.3) is 11.3 Å². The van der Waals surface area contributed by atoms with Crippen molar-refractivity contribution in [3.8, 4) is 11.3 Å². The van der Waals surface area contributed by atoms with Crippen LogP contribution < -0.4 is 0 Å². The molecule has 0 N–H and O–H groups in total. The molecule has 2 aromatic heterocycles. The van der Waals surface area contributed by atoms with Gasteiger partial charge in [0.2, 0.25) is 0 Å². The molecule has 0 fully saturated rings. The molecule has 0 aliphatic carbocycles. The minimum atomic E-state index is -0.264. The summed E-state index contributed by atoms with van der Waals surface area (Å²) in [5.41, 5.74) is 1.92. The molecular weight excluding hydrogens is 277 g/mol. The number of hydrogen-bond donors (Lipinski definition) is 0. The van der Waals surface area contributed by atoms with Gasteiger partial charge in [0.15, 0.2) is 5.76 Å². The SMILES string of the molecule is Cn1cc(CSc2ncc(-c3ccc(F)cc3)o2)cn1. The van der Waals surface area contributed by atoms with Crippen LogP contribution in [0.2, 0.25) is 0 Å². The maximum absolute atomic E-state index is 12.9. The average Bonchev–Trinajstić information content (AvgIpc) is 3.06. The quantitative estimate of drug-likeness (QED) is 0.689. The molecule has 3 aromatic rings. The van der Waals surface area contributed by atoms with Gasteiger partial charge in [0, 0.05) is 30.1 Å². The zero-order valence-corrected chi connectivity index (χ0v) is 11.6. The Morgan fingerprint density at radius 2 is 2.05 bits per heavy atom. The van der Waals surface area contributed by atoms with Gasteiger partial charge in [0.05, 0.1) is 12.4 Å². The number of nitrogens with zero attached hydrogens (tertiary/aromatic N) is 3. The fraction of sp³-hybridized carbons (Fsp3) is 0.143. The third-order valence-corrected chi connectivity index (χ3v) is 3.65. The molecule has 2 heterocycles. The predicted octanol–water partition coefficient (Wildman–Crippen LogP) is 3.51. The molecule has 0 aliphatic heterocycles. The highest BCUT2D eigenvalue weighted by molar-refractivity contribution is 7.98. The first-order valence-corrected chi connectivity index (χ1v) is 7.01. The minimum Gasteiger partial charge on any atom is -0.431 e. The van der Waals surface area contributed by atoms with E-state index in [1.54, 1.807) is 23.0 Å². The number of aryl methyl sites for hydroxylation is 1. The predicted molar refractivity (Wildman–Crippen MR) is 74.7 cm³/mol. The summed E-state index contributed by atoms with van der Waals surface area (Å²) in [6, 6.07) is 6.15. The lowest BCUT2D eigenvalue weighted by Gasteiger charge is -1.96. The van der Waals surface area contributed by atoms with Gasteiger partial charge in [-0.05, 0) is 24.3 Å². The highest BCUT2D eigenvalue weighted by Gasteiger charge is 2.08. The molecule has 102 valence electrons. The molecule has 0 unspecified atom stereocenters. The van der Waals surface area contributed by atoms with Crippen LogP contribution in [0.5, 0.6) is 0 Å². The van der Waals surface area contributed by atoms with E-state index in [4.69, 9.17) is 4.42 Å². The van der Waals surface area contributed by atoms with Crippen molar-refractivity contribution in [2.24, 2.45) is 7.05 Å². The Morgan fingerprint density at radius 3 is 2.75 bits per heavy atom. The average molecular weight is 289 g/mol. The molecule has 0 bridgehead atoms. The van der Waals surface area contributed by atoms with Gasteiger partial charge in [-0.2, -0.15) is 5.10 Å². The van der Waals surface area contributed by atoms with Gasteiger partial charge in [-0.25, -0.2) is 9.37 Å². The Kier molecular flexibility index (Phi) is 3.56. The normalized spacial score (nSPS) is 10.9. The van der Waals surface area contributed by atoms with Crippen LogP contribution in [0.1, 0.15) is 5.56 Å². The molecule has 3 rings (SSSR count). The highest BCUT2D eigenvalue weighted by atomic mass is 32.2. The molecule has 20 heavy (non-hydrogen) atoms. The summed E-state index contributed by atoms with van der Waals surface area (Å²) in [6.07, 6.45) is 5.42. The fourth-order valence-electron chi connectivity index (χ4n) is 1.76. The van der Waals surface area contributed by atoms with Crippen LogP contribution >= 0.6 is 11.8 Å². The molecule has 6 heteroatoms. The first-order chi connectivity index (χ1) is 9.70. The minimum absolute atomic E-state index is 0.264. The van der Waals surface area contributed by atoms with Crippen LogP contribution in [0.15, 0.2) is 52.5 Å².